The quantitative estimate of drug-likeness (QED) is 0.771. The molecule has 0 saturated heterocycles. The molecule has 110 valence electrons. The summed E-state index contributed by atoms with van der Waals surface area (Å²) >= 11 is 0. The van der Waals surface area contributed by atoms with Gasteiger partial charge in [-0.3, -0.25) is 9.59 Å². The standard InChI is InChI=1S/C13H17NO5S/c1-9(15)10-4-6-11(7-5-10)20(18,19)14-8-13(2,3)12(16)17/h4-7,14H,8H2,1-3H3,(H,16,17). The van der Waals surface area contributed by atoms with Crippen molar-refractivity contribution in [1.29, 1.82) is 0 Å². The summed E-state index contributed by atoms with van der Waals surface area (Å²) in [4.78, 5) is 22.0. The molecule has 0 aliphatic heterocycles. The topological polar surface area (TPSA) is 101 Å². The van der Waals surface area contributed by atoms with Crippen molar-refractivity contribution in [2.24, 2.45) is 5.41 Å². The molecule has 1 rings (SSSR count). The van der Waals surface area contributed by atoms with Crippen LogP contribution in [0.15, 0.2) is 29.2 Å². The highest BCUT2D eigenvalue weighted by molar-refractivity contribution is 7.89. The lowest BCUT2D eigenvalue weighted by atomic mass is 9.95. The van der Waals surface area contributed by atoms with E-state index in [2.05, 4.69) is 4.72 Å². The van der Waals surface area contributed by atoms with E-state index in [0.29, 0.717) is 5.56 Å². The highest BCUT2D eigenvalue weighted by atomic mass is 32.2. The summed E-state index contributed by atoms with van der Waals surface area (Å²) in [5.41, 5.74) is -0.790. The highest BCUT2D eigenvalue weighted by Crippen LogP contribution is 2.16. The maximum Gasteiger partial charge on any atom is 0.310 e. The van der Waals surface area contributed by atoms with Crippen LogP contribution in [0, 0.1) is 5.41 Å². The third-order valence-corrected chi connectivity index (χ3v) is 4.27. The van der Waals surface area contributed by atoms with Gasteiger partial charge in [0.25, 0.3) is 0 Å². The van der Waals surface area contributed by atoms with E-state index in [9.17, 15) is 18.0 Å². The number of sulfonamides is 1. The van der Waals surface area contributed by atoms with E-state index in [4.69, 9.17) is 5.11 Å². The second kappa shape index (κ2) is 5.72. The number of rotatable bonds is 6. The smallest absolute Gasteiger partial charge is 0.310 e. The van der Waals surface area contributed by atoms with Crippen molar-refractivity contribution in [1.82, 2.24) is 4.72 Å². The number of Topliss-reactive ketones (excluding diaryl/α,β-unsaturated/α-hetero) is 1. The first-order valence-corrected chi connectivity index (χ1v) is 7.39. The van der Waals surface area contributed by atoms with Crippen LogP contribution in [0.2, 0.25) is 0 Å². The normalized spacial score (nSPS) is 12.2. The predicted octanol–water partition coefficient (Wildman–Crippen LogP) is 1.28. The van der Waals surface area contributed by atoms with Gasteiger partial charge >= 0.3 is 5.97 Å². The summed E-state index contributed by atoms with van der Waals surface area (Å²) in [5.74, 6) is -1.25. The third kappa shape index (κ3) is 3.88. The molecule has 7 heteroatoms. The first-order chi connectivity index (χ1) is 9.06. The van der Waals surface area contributed by atoms with Crippen LogP contribution < -0.4 is 4.72 Å². The molecule has 0 amide bonds. The zero-order chi connectivity index (χ0) is 15.6. The number of nitrogens with one attached hydrogen (secondary N) is 1. The molecule has 6 nitrogen and oxygen atoms in total. The molecule has 0 atom stereocenters. The maximum atomic E-state index is 12.0. The lowest BCUT2D eigenvalue weighted by Crippen LogP contribution is -2.38. The Morgan fingerprint density at radius 1 is 1.20 bits per heavy atom. The molecule has 1 aromatic carbocycles. The minimum atomic E-state index is -3.79. The van der Waals surface area contributed by atoms with E-state index in [-0.39, 0.29) is 17.2 Å². The number of carboxylic acid groups (broad SMARTS) is 1. The maximum absolute atomic E-state index is 12.0. The Labute approximate surface area is 117 Å². The molecule has 0 spiro atoms. The second-order valence-corrected chi connectivity index (χ2v) is 6.86. The molecule has 0 fully saturated rings. The summed E-state index contributed by atoms with van der Waals surface area (Å²) in [6, 6.07) is 5.46. The zero-order valence-corrected chi connectivity index (χ0v) is 12.3. The van der Waals surface area contributed by atoms with Crippen LogP contribution >= 0.6 is 0 Å². The van der Waals surface area contributed by atoms with Gasteiger partial charge in [0, 0.05) is 12.1 Å². The molecule has 0 aliphatic carbocycles. The second-order valence-electron chi connectivity index (χ2n) is 5.09. The van der Waals surface area contributed by atoms with Crippen LogP contribution in [0.5, 0.6) is 0 Å². The van der Waals surface area contributed by atoms with Crippen LogP contribution in [-0.2, 0) is 14.8 Å². The molecule has 0 aromatic heterocycles. The summed E-state index contributed by atoms with van der Waals surface area (Å²) < 4.78 is 26.2. The van der Waals surface area contributed by atoms with Crippen LogP contribution in [0.1, 0.15) is 31.1 Å². The highest BCUT2D eigenvalue weighted by Gasteiger charge is 2.29. The van der Waals surface area contributed by atoms with Gasteiger partial charge in [-0.05, 0) is 32.9 Å². The first-order valence-electron chi connectivity index (χ1n) is 5.90. The molecule has 0 unspecified atom stereocenters. The SMILES string of the molecule is CC(=O)c1ccc(S(=O)(=O)NCC(C)(C)C(=O)O)cc1. The number of ketones is 1. The first kappa shape index (κ1) is 16.3. The van der Waals surface area contributed by atoms with E-state index in [0.717, 1.165) is 0 Å². The Balaban J connectivity index is 2.89. The zero-order valence-electron chi connectivity index (χ0n) is 11.5. The van der Waals surface area contributed by atoms with Gasteiger partial charge in [0.15, 0.2) is 5.78 Å². The Morgan fingerprint density at radius 2 is 1.70 bits per heavy atom. The minimum absolute atomic E-state index is 0.0105. The van der Waals surface area contributed by atoms with Gasteiger partial charge in [0.2, 0.25) is 10.0 Å². The van der Waals surface area contributed by atoms with Gasteiger partial charge in [-0.1, -0.05) is 12.1 Å². The van der Waals surface area contributed by atoms with Crippen molar-refractivity contribution < 1.29 is 23.1 Å². The monoisotopic (exact) mass is 299 g/mol. The van der Waals surface area contributed by atoms with Crippen molar-refractivity contribution in [2.75, 3.05) is 6.54 Å². The average molecular weight is 299 g/mol. The van der Waals surface area contributed by atoms with Crippen LogP contribution in [0.3, 0.4) is 0 Å². The number of hydrogen-bond donors (Lipinski definition) is 2. The molecule has 0 saturated carbocycles. The van der Waals surface area contributed by atoms with Crippen molar-refractivity contribution >= 4 is 21.8 Å². The molecule has 0 radical (unpaired) electrons. The molecule has 0 heterocycles. The Bertz CT molecular complexity index is 617. The van der Waals surface area contributed by atoms with Crippen molar-refractivity contribution in [3.63, 3.8) is 0 Å². The van der Waals surface area contributed by atoms with Gasteiger partial charge in [-0.15, -0.1) is 0 Å². The summed E-state index contributed by atoms with van der Waals surface area (Å²) in [6.07, 6.45) is 0. The van der Waals surface area contributed by atoms with Gasteiger partial charge in [0.1, 0.15) is 0 Å². The van der Waals surface area contributed by atoms with Gasteiger partial charge in [0.05, 0.1) is 10.3 Å². The fourth-order valence-corrected chi connectivity index (χ4v) is 2.52. The number of carboxylic acids is 1. The molecule has 1 aromatic rings. The average Bonchev–Trinajstić information content (AvgIpc) is 2.36. The van der Waals surface area contributed by atoms with Gasteiger partial charge in [-0.25, -0.2) is 13.1 Å². The minimum Gasteiger partial charge on any atom is -0.481 e. The molecular formula is C13H17NO5S. The Kier molecular flexibility index (Phi) is 4.67. The summed E-state index contributed by atoms with van der Waals surface area (Å²) in [5, 5.41) is 8.93. The number of benzene rings is 1. The Morgan fingerprint density at radius 3 is 2.10 bits per heavy atom. The third-order valence-electron chi connectivity index (χ3n) is 2.85. The molecule has 2 N–H and O–H groups in total. The molecule has 0 bridgehead atoms. The van der Waals surface area contributed by atoms with E-state index < -0.39 is 21.4 Å². The van der Waals surface area contributed by atoms with E-state index in [1.54, 1.807) is 0 Å². The van der Waals surface area contributed by atoms with Crippen molar-refractivity contribution in [3.05, 3.63) is 29.8 Å². The van der Waals surface area contributed by atoms with Crippen LogP contribution in [-0.4, -0.2) is 31.8 Å². The van der Waals surface area contributed by atoms with Crippen LogP contribution in [0.4, 0.5) is 0 Å². The van der Waals surface area contributed by atoms with E-state index >= 15 is 0 Å². The van der Waals surface area contributed by atoms with Gasteiger partial charge < -0.3 is 5.11 Å². The predicted molar refractivity (Wildman–Crippen MR) is 73.1 cm³/mol. The number of carbonyl (C=O) groups is 2. The Hall–Kier alpha value is -1.73. The van der Waals surface area contributed by atoms with Crippen molar-refractivity contribution in [2.45, 2.75) is 25.7 Å². The molecule has 20 heavy (non-hydrogen) atoms. The van der Waals surface area contributed by atoms with Crippen molar-refractivity contribution in [3.8, 4) is 0 Å². The molecule has 0 aliphatic rings. The van der Waals surface area contributed by atoms with Crippen LogP contribution in [0.25, 0.3) is 0 Å². The molecular weight excluding hydrogens is 282 g/mol. The largest absolute Gasteiger partial charge is 0.481 e. The summed E-state index contributed by atoms with van der Waals surface area (Å²) in [7, 11) is -3.79. The van der Waals surface area contributed by atoms with E-state index in [1.165, 1.54) is 45.0 Å². The lowest BCUT2D eigenvalue weighted by Gasteiger charge is -2.19. The fraction of sp³-hybridized carbons (Fsp3) is 0.385. The summed E-state index contributed by atoms with van der Waals surface area (Å²) in [6.45, 7) is 4.02. The number of carbonyl (C=O) groups excluding carboxylic acids is 1. The fourth-order valence-electron chi connectivity index (χ4n) is 1.30. The van der Waals surface area contributed by atoms with Gasteiger partial charge in [-0.2, -0.15) is 0 Å². The van der Waals surface area contributed by atoms with E-state index in [1.807, 2.05) is 0 Å². The number of hydrogen-bond acceptors (Lipinski definition) is 4. The lowest BCUT2D eigenvalue weighted by molar-refractivity contribution is -0.146. The number of aliphatic carboxylic acids is 1.